The Balaban J connectivity index is 1.57. The zero-order chi connectivity index (χ0) is 22.1. The van der Waals surface area contributed by atoms with Crippen LogP contribution in [0.15, 0.2) is 0 Å². The summed E-state index contributed by atoms with van der Waals surface area (Å²) in [6.45, 7) is 1.89. The zero-order valence-corrected chi connectivity index (χ0v) is 16.9. The van der Waals surface area contributed by atoms with Crippen molar-refractivity contribution in [2.45, 2.75) is 68.5 Å². The molecule has 1 saturated heterocycles. The van der Waals surface area contributed by atoms with Gasteiger partial charge in [0.25, 0.3) is 0 Å². The highest BCUT2D eigenvalue weighted by molar-refractivity contribution is 7.87. The molecule has 4 fully saturated rings. The number of hydrogen-bond donors (Lipinski definition) is 1. The number of halogens is 2. The van der Waals surface area contributed by atoms with Gasteiger partial charge in [0.15, 0.2) is 0 Å². The van der Waals surface area contributed by atoms with Crippen molar-refractivity contribution in [1.82, 2.24) is 0 Å². The van der Waals surface area contributed by atoms with Gasteiger partial charge in [0.1, 0.15) is 17.8 Å². The van der Waals surface area contributed by atoms with Gasteiger partial charge < -0.3 is 14.2 Å². The van der Waals surface area contributed by atoms with Crippen LogP contribution in [0.4, 0.5) is 8.78 Å². The molecule has 1 heterocycles. The topological polar surface area (TPSA) is 133 Å². The Bertz CT molecular complexity index is 880. The highest BCUT2D eigenvalue weighted by atomic mass is 32.2. The number of esters is 3. The van der Waals surface area contributed by atoms with Crippen molar-refractivity contribution in [3.05, 3.63) is 0 Å². The highest BCUT2D eigenvalue weighted by Crippen LogP contribution is 2.59. The molecule has 0 aromatic rings. The third kappa shape index (κ3) is 3.02. The molecule has 12 heteroatoms. The third-order valence-corrected chi connectivity index (χ3v) is 7.91. The lowest BCUT2D eigenvalue weighted by molar-refractivity contribution is -0.182. The standard InChI is InChI=1S/C18H22F2O9S/c1-2-17(5-3-4-6-17)29-15(22)11-9-7-8-10(11)14(21)27-12(8)13(9)28-16(23)18(19,20)30(24,25)26/h8-13H,2-7H2,1H3,(H,24,25,26). The van der Waals surface area contributed by atoms with Gasteiger partial charge in [0.2, 0.25) is 0 Å². The van der Waals surface area contributed by atoms with E-state index in [4.69, 9.17) is 18.8 Å². The molecule has 9 nitrogen and oxygen atoms in total. The Kier molecular flexibility index (Phi) is 4.88. The molecule has 0 aromatic carbocycles. The molecule has 0 spiro atoms. The molecule has 0 aromatic heterocycles. The average molecular weight is 452 g/mol. The lowest BCUT2D eigenvalue weighted by atomic mass is 9.78. The van der Waals surface area contributed by atoms with Crippen LogP contribution in [0.2, 0.25) is 0 Å². The van der Waals surface area contributed by atoms with Crippen LogP contribution < -0.4 is 0 Å². The van der Waals surface area contributed by atoms with E-state index in [0.717, 1.165) is 12.8 Å². The first-order chi connectivity index (χ1) is 13.9. The lowest BCUT2D eigenvalue weighted by Gasteiger charge is -2.34. The minimum absolute atomic E-state index is 0.218. The fourth-order valence-electron chi connectivity index (χ4n) is 5.59. The summed E-state index contributed by atoms with van der Waals surface area (Å²) in [5.41, 5.74) is -0.634. The molecule has 0 amide bonds. The normalized spacial score (nSPS) is 36.6. The summed E-state index contributed by atoms with van der Waals surface area (Å²) >= 11 is 0. The number of alkyl halides is 2. The summed E-state index contributed by atoms with van der Waals surface area (Å²) in [7, 11) is -6.05. The van der Waals surface area contributed by atoms with E-state index in [9.17, 15) is 31.6 Å². The Morgan fingerprint density at radius 2 is 1.90 bits per heavy atom. The molecule has 4 rings (SSSR count). The van der Waals surface area contributed by atoms with Crippen molar-refractivity contribution in [1.29, 1.82) is 0 Å². The molecular formula is C18H22F2O9S. The second kappa shape index (κ2) is 6.84. The van der Waals surface area contributed by atoms with Crippen molar-refractivity contribution >= 4 is 28.0 Å². The largest absolute Gasteiger partial charge is 0.465 e. The fraction of sp³-hybridized carbons (Fsp3) is 0.833. The first-order valence-electron chi connectivity index (χ1n) is 9.91. The summed E-state index contributed by atoms with van der Waals surface area (Å²) in [4.78, 5) is 37.1. The summed E-state index contributed by atoms with van der Waals surface area (Å²) in [5.74, 6) is -6.99. The van der Waals surface area contributed by atoms with E-state index in [0.29, 0.717) is 19.3 Å². The van der Waals surface area contributed by atoms with E-state index in [1.54, 1.807) is 0 Å². The van der Waals surface area contributed by atoms with Crippen LogP contribution in [0.5, 0.6) is 0 Å². The number of hydrogen-bond acceptors (Lipinski definition) is 8. The highest BCUT2D eigenvalue weighted by Gasteiger charge is 2.71. The van der Waals surface area contributed by atoms with Crippen LogP contribution >= 0.6 is 0 Å². The average Bonchev–Trinajstić information content (AvgIpc) is 3.38. The van der Waals surface area contributed by atoms with E-state index in [1.807, 2.05) is 6.92 Å². The Hall–Kier alpha value is -1.82. The van der Waals surface area contributed by atoms with Crippen LogP contribution in [-0.4, -0.2) is 53.9 Å². The van der Waals surface area contributed by atoms with Gasteiger partial charge in [0.05, 0.1) is 11.8 Å². The second-order valence-corrected chi connectivity index (χ2v) is 10.0. The number of carbonyl (C=O) groups excluding carboxylic acids is 3. The molecule has 30 heavy (non-hydrogen) atoms. The summed E-state index contributed by atoms with van der Waals surface area (Å²) in [5, 5.41) is -5.18. The molecule has 6 atom stereocenters. The van der Waals surface area contributed by atoms with Gasteiger partial charge in [0, 0.05) is 11.8 Å². The van der Waals surface area contributed by atoms with Crippen molar-refractivity contribution < 1.29 is 50.3 Å². The summed E-state index contributed by atoms with van der Waals surface area (Å²) < 4.78 is 73.2. The predicted molar refractivity (Wildman–Crippen MR) is 92.4 cm³/mol. The maximum Gasteiger partial charge on any atom is 0.465 e. The molecule has 4 aliphatic rings. The summed E-state index contributed by atoms with van der Waals surface area (Å²) in [6, 6.07) is 0. The second-order valence-electron chi connectivity index (χ2n) is 8.54. The van der Waals surface area contributed by atoms with Gasteiger partial charge in [-0.2, -0.15) is 17.2 Å². The van der Waals surface area contributed by atoms with Crippen molar-refractivity contribution in [2.24, 2.45) is 23.7 Å². The summed E-state index contributed by atoms with van der Waals surface area (Å²) in [6.07, 6.45) is 1.53. The van der Waals surface area contributed by atoms with E-state index in [2.05, 4.69) is 0 Å². The van der Waals surface area contributed by atoms with Crippen LogP contribution in [0.1, 0.15) is 45.4 Å². The van der Waals surface area contributed by atoms with Crippen LogP contribution in [0.25, 0.3) is 0 Å². The van der Waals surface area contributed by atoms with E-state index < -0.39 is 74.8 Å². The molecule has 0 radical (unpaired) electrons. The minimum atomic E-state index is -6.05. The smallest absolute Gasteiger partial charge is 0.459 e. The van der Waals surface area contributed by atoms with E-state index in [1.165, 1.54) is 0 Å². The molecule has 6 unspecified atom stereocenters. The maximum atomic E-state index is 13.6. The Labute approximate surface area is 171 Å². The van der Waals surface area contributed by atoms with Gasteiger partial charge in [-0.3, -0.25) is 14.1 Å². The zero-order valence-electron chi connectivity index (χ0n) is 16.1. The number of carbonyl (C=O) groups is 3. The molecule has 3 saturated carbocycles. The molecule has 1 N–H and O–H groups in total. The Morgan fingerprint density at radius 1 is 1.27 bits per heavy atom. The van der Waals surface area contributed by atoms with Crippen LogP contribution in [0.3, 0.4) is 0 Å². The monoisotopic (exact) mass is 452 g/mol. The van der Waals surface area contributed by atoms with Crippen LogP contribution in [0, 0.1) is 23.7 Å². The molecular weight excluding hydrogens is 430 g/mol. The van der Waals surface area contributed by atoms with E-state index in [-0.39, 0.29) is 6.42 Å². The first-order valence-corrected chi connectivity index (χ1v) is 11.3. The van der Waals surface area contributed by atoms with Gasteiger partial charge >= 0.3 is 33.3 Å². The van der Waals surface area contributed by atoms with Gasteiger partial charge in [-0.25, -0.2) is 4.79 Å². The maximum absolute atomic E-state index is 13.6. The van der Waals surface area contributed by atoms with Crippen molar-refractivity contribution in [3.8, 4) is 0 Å². The van der Waals surface area contributed by atoms with Crippen LogP contribution in [-0.2, 0) is 38.7 Å². The predicted octanol–water partition coefficient (Wildman–Crippen LogP) is 1.45. The first kappa shape index (κ1) is 21.4. The third-order valence-electron chi connectivity index (χ3n) is 7.10. The molecule has 2 bridgehead atoms. The number of rotatable bonds is 6. The quantitative estimate of drug-likeness (QED) is 0.361. The van der Waals surface area contributed by atoms with Gasteiger partial charge in [-0.05, 0) is 38.5 Å². The van der Waals surface area contributed by atoms with Gasteiger partial charge in [-0.1, -0.05) is 6.92 Å². The SMILES string of the molecule is CCC1(OC(=O)C2C3CC4C(OC(=O)C42)C3OC(=O)C(F)(F)S(=O)(=O)O)CCCC1. The Morgan fingerprint density at radius 3 is 2.47 bits per heavy atom. The van der Waals surface area contributed by atoms with Crippen molar-refractivity contribution in [3.63, 3.8) is 0 Å². The fourth-order valence-corrected chi connectivity index (χ4v) is 5.85. The lowest BCUT2D eigenvalue weighted by Crippen LogP contribution is -2.48. The number of ether oxygens (including phenoxy) is 3. The minimum Gasteiger partial charge on any atom is -0.459 e. The molecule has 1 aliphatic heterocycles. The van der Waals surface area contributed by atoms with E-state index >= 15 is 0 Å². The molecule has 168 valence electrons. The van der Waals surface area contributed by atoms with Gasteiger partial charge in [-0.15, -0.1) is 0 Å². The molecule has 3 aliphatic carbocycles. The van der Waals surface area contributed by atoms with Crippen molar-refractivity contribution in [2.75, 3.05) is 0 Å². The number of fused-ring (bicyclic) bond motifs is 1.